The molecular formula is C22H20FN5O. The second kappa shape index (κ2) is 7.79. The smallest absolute Gasteiger partial charge is 0.237 e. The minimum absolute atomic E-state index is 0.205. The second-order valence-corrected chi connectivity index (χ2v) is 6.98. The first kappa shape index (κ1) is 18.7. The van der Waals surface area contributed by atoms with Crippen molar-refractivity contribution in [1.29, 1.82) is 0 Å². The van der Waals surface area contributed by atoms with Gasteiger partial charge in [-0.1, -0.05) is 0 Å². The lowest BCUT2D eigenvalue weighted by molar-refractivity contribution is -0.115. The SMILES string of the molecule is Cc1cnc(CNc2ccc(N=CC3C(=O)Nc4ccc(F)cc43)cc2C)cn1. The molecule has 0 radical (unpaired) electrons. The Hall–Kier alpha value is -3.61. The van der Waals surface area contributed by atoms with Crippen LogP contribution in [0.25, 0.3) is 0 Å². The number of carbonyl (C=O) groups is 1. The van der Waals surface area contributed by atoms with Crippen molar-refractivity contribution in [1.82, 2.24) is 9.97 Å². The molecule has 1 amide bonds. The Morgan fingerprint density at radius 2 is 2.03 bits per heavy atom. The molecule has 0 fully saturated rings. The summed E-state index contributed by atoms with van der Waals surface area (Å²) in [6, 6.07) is 10.0. The zero-order valence-electron chi connectivity index (χ0n) is 16.1. The van der Waals surface area contributed by atoms with Gasteiger partial charge in [0.15, 0.2) is 0 Å². The maximum Gasteiger partial charge on any atom is 0.237 e. The zero-order chi connectivity index (χ0) is 20.4. The fourth-order valence-electron chi connectivity index (χ4n) is 3.19. The summed E-state index contributed by atoms with van der Waals surface area (Å²) < 4.78 is 13.5. The van der Waals surface area contributed by atoms with Gasteiger partial charge in [-0.2, -0.15) is 0 Å². The maximum absolute atomic E-state index is 13.5. The van der Waals surface area contributed by atoms with Gasteiger partial charge < -0.3 is 10.6 Å². The van der Waals surface area contributed by atoms with Crippen molar-refractivity contribution in [2.75, 3.05) is 10.6 Å². The first-order valence-corrected chi connectivity index (χ1v) is 9.26. The maximum atomic E-state index is 13.5. The van der Waals surface area contributed by atoms with Crippen LogP contribution in [0, 0.1) is 19.7 Å². The molecule has 0 bridgehead atoms. The first-order chi connectivity index (χ1) is 14.0. The molecule has 1 aromatic heterocycles. The predicted octanol–water partition coefficient (Wildman–Crippen LogP) is 4.28. The molecule has 4 rings (SSSR count). The summed E-state index contributed by atoms with van der Waals surface area (Å²) in [5.74, 6) is -1.18. The molecule has 1 aliphatic rings. The number of rotatable bonds is 5. The van der Waals surface area contributed by atoms with Gasteiger partial charge in [0.25, 0.3) is 0 Å². The van der Waals surface area contributed by atoms with E-state index in [0.717, 1.165) is 28.3 Å². The number of benzene rings is 2. The van der Waals surface area contributed by atoms with Gasteiger partial charge in [0.2, 0.25) is 5.91 Å². The molecule has 1 unspecified atom stereocenters. The summed E-state index contributed by atoms with van der Waals surface area (Å²) in [5, 5.41) is 6.09. The fourth-order valence-corrected chi connectivity index (χ4v) is 3.19. The van der Waals surface area contributed by atoms with Gasteiger partial charge in [-0.25, -0.2) is 4.39 Å². The van der Waals surface area contributed by atoms with Gasteiger partial charge in [-0.05, 0) is 61.4 Å². The van der Waals surface area contributed by atoms with Crippen LogP contribution in [0.1, 0.15) is 28.4 Å². The molecule has 0 saturated heterocycles. The van der Waals surface area contributed by atoms with Crippen LogP contribution in [0.15, 0.2) is 53.8 Å². The molecule has 2 heterocycles. The Kier molecular flexibility index (Phi) is 5.03. The molecule has 6 nitrogen and oxygen atoms in total. The van der Waals surface area contributed by atoms with Gasteiger partial charge in [-0.3, -0.25) is 19.8 Å². The summed E-state index contributed by atoms with van der Waals surface area (Å²) >= 11 is 0. The van der Waals surface area contributed by atoms with Gasteiger partial charge in [0, 0.05) is 23.8 Å². The number of fused-ring (bicyclic) bond motifs is 1. The van der Waals surface area contributed by atoms with Gasteiger partial charge in [-0.15, -0.1) is 0 Å². The van der Waals surface area contributed by atoms with Gasteiger partial charge in [0.1, 0.15) is 11.7 Å². The Labute approximate surface area is 167 Å². The zero-order valence-corrected chi connectivity index (χ0v) is 16.1. The van der Waals surface area contributed by atoms with E-state index in [1.807, 2.05) is 32.0 Å². The van der Waals surface area contributed by atoms with Crippen molar-refractivity contribution in [2.45, 2.75) is 26.3 Å². The number of aromatic nitrogens is 2. The topological polar surface area (TPSA) is 79.3 Å². The number of hydrogen-bond acceptors (Lipinski definition) is 5. The number of halogens is 1. The fraction of sp³-hybridized carbons (Fsp3) is 0.182. The Bertz CT molecular complexity index is 1090. The van der Waals surface area contributed by atoms with E-state index < -0.39 is 5.92 Å². The van der Waals surface area contributed by atoms with E-state index in [4.69, 9.17) is 0 Å². The standard InChI is InChI=1S/C22H20FN5O/c1-13-7-16(4-6-20(13)27-11-17-10-24-14(2)9-25-17)26-12-19-18-8-15(23)3-5-21(18)28-22(19)29/h3-10,12,19,27H,11H2,1-2H3,(H,28,29). The summed E-state index contributed by atoms with van der Waals surface area (Å²) in [6.07, 6.45) is 5.05. The molecule has 2 N–H and O–H groups in total. The molecule has 1 atom stereocenters. The number of aryl methyl sites for hydroxylation is 2. The monoisotopic (exact) mass is 389 g/mol. The second-order valence-electron chi connectivity index (χ2n) is 6.98. The van der Waals surface area contributed by atoms with Crippen molar-refractivity contribution in [2.24, 2.45) is 4.99 Å². The number of carbonyl (C=O) groups excluding carboxylic acids is 1. The van der Waals surface area contributed by atoms with Crippen LogP contribution in [0.4, 0.5) is 21.5 Å². The highest BCUT2D eigenvalue weighted by Gasteiger charge is 2.29. The van der Waals surface area contributed by atoms with Crippen molar-refractivity contribution in [3.8, 4) is 0 Å². The van der Waals surface area contributed by atoms with Crippen LogP contribution in [0.3, 0.4) is 0 Å². The number of anilines is 2. The summed E-state index contributed by atoms with van der Waals surface area (Å²) in [6.45, 7) is 4.45. The summed E-state index contributed by atoms with van der Waals surface area (Å²) in [5.41, 5.74) is 5.68. The van der Waals surface area contributed by atoms with Gasteiger partial charge in [0.05, 0.1) is 29.8 Å². The van der Waals surface area contributed by atoms with Crippen LogP contribution in [-0.4, -0.2) is 22.1 Å². The van der Waals surface area contributed by atoms with E-state index >= 15 is 0 Å². The molecule has 0 aliphatic carbocycles. The van der Waals surface area contributed by atoms with Crippen molar-refractivity contribution < 1.29 is 9.18 Å². The highest BCUT2D eigenvalue weighted by Crippen LogP contribution is 2.32. The van der Waals surface area contributed by atoms with Crippen molar-refractivity contribution in [3.05, 3.63) is 77.1 Å². The van der Waals surface area contributed by atoms with E-state index in [0.29, 0.717) is 17.8 Å². The molecule has 0 saturated carbocycles. The van der Waals surface area contributed by atoms with Crippen LogP contribution in [0.5, 0.6) is 0 Å². The molecule has 29 heavy (non-hydrogen) atoms. The van der Waals surface area contributed by atoms with Crippen LogP contribution in [0.2, 0.25) is 0 Å². The lowest BCUT2D eigenvalue weighted by Crippen LogP contribution is -2.12. The summed E-state index contributed by atoms with van der Waals surface area (Å²) in [7, 11) is 0. The minimum Gasteiger partial charge on any atom is -0.379 e. The summed E-state index contributed by atoms with van der Waals surface area (Å²) in [4.78, 5) is 25.2. The van der Waals surface area contributed by atoms with Gasteiger partial charge >= 0.3 is 0 Å². The number of amides is 1. The normalized spacial score (nSPS) is 15.4. The number of nitrogens with one attached hydrogen (secondary N) is 2. The van der Waals surface area contributed by atoms with E-state index in [2.05, 4.69) is 25.6 Å². The molecule has 0 spiro atoms. The largest absolute Gasteiger partial charge is 0.379 e. The van der Waals surface area contributed by atoms with Crippen molar-refractivity contribution >= 4 is 29.2 Å². The third-order valence-corrected chi connectivity index (χ3v) is 4.77. The van der Waals surface area contributed by atoms with Crippen LogP contribution in [-0.2, 0) is 11.3 Å². The highest BCUT2D eigenvalue weighted by atomic mass is 19.1. The van der Waals surface area contributed by atoms with Crippen LogP contribution < -0.4 is 10.6 Å². The van der Waals surface area contributed by atoms with E-state index in [-0.39, 0.29) is 11.7 Å². The lowest BCUT2D eigenvalue weighted by atomic mass is 10.0. The number of aliphatic imine (C=N–C) groups is 1. The average Bonchev–Trinajstić information content (AvgIpc) is 3.01. The lowest BCUT2D eigenvalue weighted by Gasteiger charge is -2.10. The highest BCUT2D eigenvalue weighted by molar-refractivity contribution is 6.12. The number of hydrogen-bond donors (Lipinski definition) is 2. The van der Waals surface area contributed by atoms with E-state index in [1.165, 1.54) is 12.1 Å². The molecule has 1 aliphatic heterocycles. The first-order valence-electron chi connectivity index (χ1n) is 9.26. The minimum atomic E-state index is -0.598. The Morgan fingerprint density at radius 1 is 1.17 bits per heavy atom. The molecule has 146 valence electrons. The average molecular weight is 389 g/mol. The predicted molar refractivity (Wildman–Crippen MR) is 111 cm³/mol. The quantitative estimate of drug-likeness (QED) is 0.638. The third-order valence-electron chi connectivity index (χ3n) is 4.77. The van der Waals surface area contributed by atoms with Crippen LogP contribution >= 0.6 is 0 Å². The molecule has 2 aromatic carbocycles. The molecule has 7 heteroatoms. The third kappa shape index (κ3) is 4.13. The Balaban J connectivity index is 1.46. The molecule has 3 aromatic rings. The number of nitrogens with zero attached hydrogens (tertiary/aromatic N) is 3. The Morgan fingerprint density at radius 3 is 2.79 bits per heavy atom. The van der Waals surface area contributed by atoms with Crippen molar-refractivity contribution in [3.63, 3.8) is 0 Å². The van der Waals surface area contributed by atoms with E-state index in [9.17, 15) is 9.18 Å². The molecular weight excluding hydrogens is 369 g/mol. The van der Waals surface area contributed by atoms with E-state index in [1.54, 1.807) is 24.7 Å².